The summed E-state index contributed by atoms with van der Waals surface area (Å²) in [5.74, 6) is -0.0251. The van der Waals surface area contributed by atoms with Gasteiger partial charge in [-0.15, -0.1) is 0 Å². The third kappa shape index (κ3) is 3.33. The fourth-order valence-corrected chi connectivity index (χ4v) is 2.77. The van der Waals surface area contributed by atoms with E-state index in [0.29, 0.717) is 6.54 Å². The average Bonchev–Trinajstić information content (AvgIpc) is 3.08. The minimum atomic E-state index is -0.329. The summed E-state index contributed by atoms with van der Waals surface area (Å²) in [7, 11) is 0. The molecule has 1 aliphatic rings. The first-order valence-corrected chi connectivity index (χ1v) is 7.65. The first kappa shape index (κ1) is 14.7. The van der Waals surface area contributed by atoms with E-state index in [0.717, 1.165) is 26.1 Å². The maximum Gasteiger partial charge on any atom is 0.244 e. The first-order chi connectivity index (χ1) is 10.7. The fourth-order valence-electron chi connectivity index (χ4n) is 2.77. The molecule has 3 rings (SSSR count). The Balaban J connectivity index is 1.45. The largest absolute Gasteiger partial charge is 0.353 e. The number of carbonyl (C=O) groups is 1. The van der Waals surface area contributed by atoms with Crippen LogP contribution in [0.1, 0.15) is 24.1 Å². The molecule has 1 unspecified atom stereocenters. The van der Waals surface area contributed by atoms with Gasteiger partial charge in [0.2, 0.25) is 5.91 Å². The number of hydrogen-bond donors (Lipinski definition) is 1. The van der Waals surface area contributed by atoms with Gasteiger partial charge in [0.1, 0.15) is 18.7 Å². The van der Waals surface area contributed by atoms with Crippen molar-refractivity contribution in [3.63, 3.8) is 0 Å². The predicted molar refractivity (Wildman–Crippen MR) is 83.2 cm³/mol. The van der Waals surface area contributed by atoms with Gasteiger partial charge >= 0.3 is 0 Å². The molecule has 1 atom stereocenters. The van der Waals surface area contributed by atoms with Crippen LogP contribution in [-0.4, -0.2) is 45.2 Å². The van der Waals surface area contributed by atoms with Gasteiger partial charge in [0, 0.05) is 26.2 Å². The molecule has 6 nitrogen and oxygen atoms in total. The second-order valence-electron chi connectivity index (χ2n) is 5.64. The molecule has 1 N–H and O–H groups in total. The molecule has 1 aromatic carbocycles. The Morgan fingerprint density at radius 3 is 2.95 bits per heavy atom. The van der Waals surface area contributed by atoms with Gasteiger partial charge in [-0.2, -0.15) is 5.10 Å². The van der Waals surface area contributed by atoms with Gasteiger partial charge in [-0.3, -0.25) is 9.69 Å². The van der Waals surface area contributed by atoms with Crippen molar-refractivity contribution in [3.8, 4) is 0 Å². The van der Waals surface area contributed by atoms with Crippen molar-refractivity contribution < 1.29 is 4.79 Å². The molecular weight excluding hydrogens is 278 g/mol. The summed E-state index contributed by atoms with van der Waals surface area (Å²) in [6.07, 6.45) is 4.08. The molecule has 22 heavy (non-hydrogen) atoms. The van der Waals surface area contributed by atoms with E-state index >= 15 is 0 Å². The summed E-state index contributed by atoms with van der Waals surface area (Å²) in [6, 6.07) is 8.25. The Morgan fingerprint density at radius 2 is 2.18 bits per heavy atom. The molecular formula is C16H21N5O. The summed E-state index contributed by atoms with van der Waals surface area (Å²) in [5, 5.41) is 6.97. The van der Waals surface area contributed by atoms with Crippen molar-refractivity contribution in [2.75, 3.05) is 19.6 Å². The highest BCUT2D eigenvalue weighted by molar-refractivity contribution is 5.79. The monoisotopic (exact) mass is 299 g/mol. The number of rotatable bonds is 5. The zero-order valence-electron chi connectivity index (χ0n) is 12.8. The Labute approximate surface area is 130 Å². The normalized spacial score (nSPS) is 16.0. The van der Waals surface area contributed by atoms with Crippen molar-refractivity contribution in [3.05, 3.63) is 48.0 Å². The van der Waals surface area contributed by atoms with Crippen LogP contribution in [0.5, 0.6) is 0 Å². The van der Waals surface area contributed by atoms with Gasteiger partial charge < -0.3 is 5.32 Å². The summed E-state index contributed by atoms with van der Waals surface area (Å²) in [4.78, 5) is 18.3. The van der Waals surface area contributed by atoms with Gasteiger partial charge in [0.25, 0.3) is 0 Å². The van der Waals surface area contributed by atoms with Crippen LogP contribution in [0.2, 0.25) is 0 Å². The van der Waals surface area contributed by atoms with E-state index in [1.165, 1.54) is 17.5 Å². The van der Waals surface area contributed by atoms with Crippen LogP contribution in [0.3, 0.4) is 0 Å². The second-order valence-corrected chi connectivity index (χ2v) is 5.64. The Morgan fingerprint density at radius 1 is 1.36 bits per heavy atom. The molecule has 0 fully saturated rings. The smallest absolute Gasteiger partial charge is 0.244 e. The van der Waals surface area contributed by atoms with Gasteiger partial charge in [0.15, 0.2) is 0 Å². The highest BCUT2D eigenvalue weighted by Gasteiger charge is 2.17. The van der Waals surface area contributed by atoms with Crippen molar-refractivity contribution in [2.24, 2.45) is 0 Å². The van der Waals surface area contributed by atoms with Crippen LogP contribution >= 0.6 is 0 Å². The summed E-state index contributed by atoms with van der Waals surface area (Å²) in [5.41, 5.74) is 2.85. The molecule has 2 heterocycles. The number of carbonyl (C=O) groups excluding carboxylic acids is 1. The minimum absolute atomic E-state index is 0.0251. The molecule has 1 amide bonds. The van der Waals surface area contributed by atoms with Crippen LogP contribution < -0.4 is 5.32 Å². The molecule has 0 saturated carbocycles. The highest BCUT2D eigenvalue weighted by atomic mass is 16.2. The molecule has 2 aromatic rings. The Bertz CT molecular complexity index is 625. The lowest BCUT2D eigenvalue weighted by atomic mass is 10.00. The molecule has 1 aromatic heterocycles. The molecule has 0 saturated heterocycles. The van der Waals surface area contributed by atoms with Gasteiger partial charge in [-0.25, -0.2) is 9.67 Å². The van der Waals surface area contributed by atoms with Gasteiger partial charge in [-0.05, 0) is 24.5 Å². The van der Waals surface area contributed by atoms with E-state index in [2.05, 4.69) is 44.6 Å². The van der Waals surface area contributed by atoms with Crippen molar-refractivity contribution in [2.45, 2.75) is 25.9 Å². The van der Waals surface area contributed by atoms with Gasteiger partial charge in [0.05, 0.1) is 0 Å². The second kappa shape index (κ2) is 6.70. The zero-order valence-corrected chi connectivity index (χ0v) is 12.8. The SMILES string of the molecule is CC(C(=O)NCCN1CCc2ccccc2C1)n1cncn1. The van der Waals surface area contributed by atoms with E-state index < -0.39 is 0 Å². The average molecular weight is 299 g/mol. The molecule has 1 aliphatic heterocycles. The van der Waals surface area contributed by atoms with Crippen LogP contribution in [0.25, 0.3) is 0 Å². The lowest BCUT2D eigenvalue weighted by molar-refractivity contribution is -0.124. The number of benzene rings is 1. The van der Waals surface area contributed by atoms with E-state index in [9.17, 15) is 4.79 Å². The number of fused-ring (bicyclic) bond motifs is 1. The topological polar surface area (TPSA) is 63.1 Å². The van der Waals surface area contributed by atoms with E-state index in [1.807, 2.05) is 6.92 Å². The minimum Gasteiger partial charge on any atom is -0.353 e. The molecule has 0 aliphatic carbocycles. The fraction of sp³-hybridized carbons (Fsp3) is 0.438. The number of hydrogen-bond acceptors (Lipinski definition) is 4. The number of nitrogens with one attached hydrogen (secondary N) is 1. The molecule has 0 bridgehead atoms. The first-order valence-electron chi connectivity index (χ1n) is 7.65. The zero-order chi connectivity index (χ0) is 15.4. The highest BCUT2D eigenvalue weighted by Crippen LogP contribution is 2.17. The molecule has 0 radical (unpaired) electrons. The van der Waals surface area contributed by atoms with Gasteiger partial charge in [-0.1, -0.05) is 24.3 Å². The summed E-state index contributed by atoms with van der Waals surface area (Å²) in [6.45, 7) is 5.35. The summed E-state index contributed by atoms with van der Waals surface area (Å²) < 4.78 is 1.56. The van der Waals surface area contributed by atoms with Crippen molar-refractivity contribution in [1.29, 1.82) is 0 Å². The van der Waals surface area contributed by atoms with Crippen molar-refractivity contribution >= 4 is 5.91 Å². The maximum atomic E-state index is 12.1. The van der Waals surface area contributed by atoms with Crippen LogP contribution in [0.4, 0.5) is 0 Å². The molecule has 116 valence electrons. The molecule has 0 spiro atoms. The van der Waals surface area contributed by atoms with E-state index in [4.69, 9.17) is 0 Å². The lowest BCUT2D eigenvalue weighted by Crippen LogP contribution is -2.39. The van der Waals surface area contributed by atoms with Crippen molar-refractivity contribution in [1.82, 2.24) is 25.0 Å². The number of nitrogens with zero attached hydrogens (tertiary/aromatic N) is 4. The number of amides is 1. The standard InChI is InChI=1S/C16H21N5O/c1-13(21-12-17-11-19-21)16(22)18-7-9-20-8-6-14-4-2-3-5-15(14)10-20/h2-5,11-13H,6-10H2,1H3,(H,18,22). The predicted octanol–water partition coefficient (Wildman–Crippen LogP) is 1.01. The van der Waals surface area contributed by atoms with E-state index in [1.54, 1.807) is 11.0 Å². The third-order valence-electron chi connectivity index (χ3n) is 4.15. The van der Waals surface area contributed by atoms with Crippen LogP contribution in [0.15, 0.2) is 36.9 Å². The number of aromatic nitrogens is 3. The summed E-state index contributed by atoms with van der Waals surface area (Å²) >= 11 is 0. The Hall–Kier alpha value is -2.21. The van der Waals surface area contributed by atoms with Crippen LogP contribution in [-0.2, 0) is 17.8 Å². The quantitative estimate of drug-likeness (QED) is 0.895. The van der Waals surface area contributed by atoms with Crippen LogP contribution in [0, 0.1) is 0 Å². The Kier molecular flexibility index (Phi) is 4.48. The van der Waals surface area contributed by atoms with E-state index in [-0.39, 0.29) is 11.9 Å². The molecule has 6 heteroatoms. The third-order valence-corrected chi connectivity index (χ3v) is 4.15. The lowest BCUT2D eigenvalue weighted by Gasteiger charge is -2.28. The maximum absolute atomic E-state index is 12.1.